The van der Waals surface area contributed by atoms with E-state index in [9.17, 15) is 33.5 Å². The lowest BCUT2D eigenvalue weighted by Gasteiger charge is -2.50. The van der Waals surface area contributed by atoms with Crippen molar-refractivity contribution < 1.29 is 37.9 Å². The van der Waals surface area contributed by atoms with Crippen molar-refractivity contribution in [2.45, 2.75) is 24.2 Å². The molecule has 4 aliphatic rings. The van der Waals surface area contributed by atoms with Crippen LogP contribution in [0.4, 0.5) is 19.3 Å². The van der Waals surface area contributed by atoms with E-state index in [2.05, 4.69) is 5.43 Å². The number of hydrogen-bond acceptors (Lipinski definition) is 7. The van der Waals surface area contributed by atoms with E-state index in [1.54, 1.807) is 30.3 Å². The third-order valence-corrected chi connectivity index (χ3v) is 10.0. The number of imide groups is 4. The number of amides is 6. The van der Waals surface area contributed by atoms with Crippen LogP contribution in [0.25, 0.3) is 0 Å². The number of rotatable bonds is 4. The number of carbonyl (C=O) groups excluding carboxylic acids is 5. The first-order valence-electron chi connectivity index (χ1n) is 14.5. The average molecular weight is 647 g/mol. The van der Waals surface area contributed by atoms with E-state index in [1.807, 2.05) is 0 Å². The van der Waals surface area contributed by atoms with Gasteiger partial charge in [0.15, 0.2) is 11.6 Å². The Labute approximate surface area is 265 Å². The standard InChI is InChI=1S/C33H25ClF2N4O6/c34-17-4-2-16(3-5-17)33-23(29(43)40(31(33)45)38-19-8-6-18(35)7-9-19)14-22-20(27(33)15-1-12-25(41)24(36)13-15)10-11-21-26(22)30(44)39(28(21)42)32(37)46/h1-10,12-13,21-23,26-27,38,41H,11,14H2,(H2,37,46). The zero-order chi connectivity index (χ0) is 32.7. The molecule has 10 nitrogen and oxygen atoms in total. The second-order valence-corrected chi connectivity index (χ2v) is 12.4. The van der Waals surface area contributed by atoms with Crippen molar-refractivity contribution in [3.63, 3.8) is 0 Å². The lowest BCUT2D eigenvalue weighted by Crippen LogP contribution is -2.53. The summed E-state index contributed by atoms with van der Waals surface area (Å²) in [6.07, 6.45) is 1.67. The van der Waals surface area contributed by atoms with Crippen molar-refractivity contribution in [1.29, 1.82) is 0 Å². The molecule has 2 aliphatic carbocycles. The monoisotopic (exact) mass is 646 g/mol. The molecule has 2 saturated heterocycles. The third kappa shape index (κ3) is 4.09. The molecule has 7 rings (SSSR count). The zero-order valence-corrected chi connectivity index (χ0v) is 24.6. The molecule has 3 fully saturated rings. The van der Waals surface area contributed by atoms with Gasteiger partial charge in [0.1, 0.15) is 5.82 Å². The van der Waals surface area contributed by atoms with Crippen molar-refractivity contribution in [3.8, 4) is 5.75 Å². The number of phenolic OH excluding ortho intramolecular Hbond substituents is 1. The number of carbonyl (C=O) groups is 5. The van der Waals surface area contributed by atoms with Crippen LogP contribution in [0.3, 0.4) is 0 Å². The number of nitrogens with zero attached hydrogens (tertiary/aromatic N) is 2. The smallest absolute Gasteiger partial charge is 0.328 e. The zero-order valence-electron chi connectivity index (χ0n) is 23.8. The van der Waals surface area contributed by atoms with Gasteiger partial charge in [-0.15, -0.1) is 0 Å². The Morgan fingerprint density at radius 3 is 2.28 bits per heavy atom. The Hall–Kier alpha value is -5.10. The normalized spacial score (nSPS) is 28.5. The number of primary amides is 1. The van der Waals surface area contributed by atoms with Gasteiger partial charge in [0, 0.05) is 10.9 Å². The van der Waals surface area contributed by atoms with Gasteiger partial charge in [0.05, 0.1) is 28.9 Å². The van der Waals surface area contributed by atoms with E-state index in [0.717, 1.165) is 29.3 Å². The summed E-state index contributed by atoms with van der Waals surface area (Å²) in [6, 6.07) is 13.8. The lowest BCUT2D eigenvalue weighted by atomic mass is 9.49. The first-order chi connectivity index (χ1) is 21.9. The van der Waals surface area contributed by atoms with Crippen molar-refractivity contribution in [3.05, 3.63) is 106 Å². The predicted octanol–water partition coefficient (Wildman–Crippen LogP) is 4.39. The minimum Gasteiger partial charge on any atom is -0.505 e. The van der Waals surface area contributed by atoms with Crippen LogP contribution in [0.2, 0.25) is 5.02 Å². The Balaban J connectivity index is 1.47. The molecule has 4 N–H and O–H groups in total. The number of fused-ring (bicyclic) bond motifs is 4. The van der Waals surface area contributed by atoms with Crippen LogP contribution >= 0.6 is 11.6 Å². The number of allylic oxidation sites excluding steroid dienone is 2. The van der Waals surface area contributed by atoms with Gasteiger partial charge >= 0.3 is 6.03 Å². The Bertz CT molecular complexity index is 1880. The van der Waals surface area contributed by atoms with Crippen LogP contribution in [0.5, 0.6) is 5.75 Å². The minimum absolute atomic E-state index is 0.0307. The molecule has 0 spiro atoms. The summed E-state index contributed by atoms with van der Waals surface area (Å²) in [4.78, 5) is 68.7. The Morgan fingerprint density at radius 1 is 0.935 bits per heavy atom. The summed E-state index contributed by atoms with van der Waals surface area (Å²) < 4.78 is 28.8. The van der Waals surface area contributed by atoms with Crippen LogP contribution in [0.15, 0.2) is 78.4 Å². The van der Waals surface area contributed by atoms with Gasteiger partial charge < -0.3 is 10.8 Å². The predicted molar refractivity (Wildman–Crippen MR) is 159 cm³/mol. The van der Waals surface area contributed by atoms with Crippen LogP contribution in [0.1, 0.15) is 29.9 Å². The summed E-state index contributed by atoms with van der Waals surface area (Å²) in [5.41, 5.74) is 7.86. The molecule has 2 aliphatic heterocycles. The van der Waals surface area contributed by atoms with Gasteiger partial charge in [-0.3, -0.25) is 24.6 Å². The van der Waals surface area contributed by atoms with Crippen molar-refractivity contribution in [2.75, 3.05) is 5.43 Å². The topological polar surface area (TPSA) is 150 Å². The fourth-order valence-electron chi connectivity index (χ4n) is 7.95. The molecular formula is C33H25ClF2N4O6. The first-order valence-corrected chi connectivity index (χ1v) is 14.8. The highest BCUT2D eigenvalue weighted by atomic mass is 35.5. The molecule has 6 atom stereocenters. The van der Waals surface area contributed by atoms with Crippen LogP contribution in [0, 0.1) is 35.3 Å². The maximum absolute atomic E-state index is 15.1. The van der Waals surface area contributed by atoms with Crippen LogP contribution in [-0.2, 0) is 24.6 Å². The van der Waals surface area contributed by atoms with E-state index < -0.39 is 82.0 Å². The molecule has 0 aromatic heterocycles. The van der Waals surface area contributed by atoms with Crippen LogP contribution < -0.4 is 11.2 Å². The van der Waals surface area contributed by atoms with Gasteiger partial charge in [0.25, 0.3) is 11.8 Å². The molecule has 234 valence electrons. The Morgan fingerprint density at radius 2 is 1.63 bits per heavy atom. The number of nitrogens with two attached hydrogens (primary N) is 1. The lowest BCUT2D eigenvalue weighted by molar-refractivity contribution is -0.139. The van der Waals surface area contributed by atoms with Gasteiger partial charge in [-0.25, -0.2) is 13.6 Å². The number of halogens is 3. The number of phenols is 1. The highest BCUT2D eigenvalue weighted by Gasteiger charge is 2.70. The fraction of sp³-hybridized carbons (Fsp3) is 0.242. The second kappa shape index (κ2) is 10.5. The number of nitrogens with one attached hydrogen (secondary N) is 1. The van der Waals surface area contributed by atoms with E-state index in [0.29, 0.717) is 21.1 Å². The minimum atomic E-state index is -1.72. The molecule has 6 amide bonds. The van der Waals surface area contributed by atoms with E-state index >= 15 is 4.39 Å². The Kier molecular flexibility index (Phi) is 6.74. The SMILES string of the molecule is NC(=O)N1C(=O)C2CC=C3C(CC4C(=O)N(Nc5ccc(F)cc5)C(=O)C4(c4ccc(Cl)cc4)C3c3ccc(O)c(F)c3)C2C1=O. The molecule has 2 heterocycles. The summed E-state index contributed by atoms with van der Waals surface area (Å²) in [5.74, 6) is -10.1. The van der Waals surface area contributed by atoms with Gasteiger partial charge in [-0.2, -0.15) is 9.91 Å². The van der Waals surface area contributed by atoms with Crippen molar-refractivity contribution >= 4 is 46.9 Å². The summed E-state index contributed by atoms with van der Waals surface area (Å²) in [5, 5.41) is 11.3. The molecule has 3 aromatic carbocycles. The van der Waals surface area contributed by atoms with Crippen LogP contribution in [-0.4, -0.2) is 44.7 Å². The molecule has 3 aromatic rings. The van der Waals surface area contributed by atoms with E-state index in [1.165, 1.54) is 18.2 Å². The molecule has 13 heteroatoms. The number of hydrogen-bond donors (Lipinski definition) is 3. The molecule has 0 radical (unpaired) electrons. The molecular weight excluding hydrogens is 622 g/mol. The van der Waals surface area contributed by atoms with Crippen molar-refractivity contribution in [1.82, 2.24) is 9.91 Å². The molecule has 6 unspecified atom stereocenters. The summed E-state index contributed by atoms with van der Waals surface area (Å²) in [6.45, 7) is 0. The van der Waals surface area contributed by atoms with E-state index in [-0.39, 0.29) is 24.1 Å². The number of benzene rings is 3. The van der Waals surface area contributed by atoms with Crippen molar-refractivity contribution in [2.24, 2.45) is 29.4 Å². The number of aromatic hydroxyl groups is 1. The van der Waals surface area contributed by atoms with Gasteiger partial charge in [-0.1, -0.05) is 41.4 Å². The maximum Gasteiger partial charge on any atom is 0.328 e. The molecule has 0 bridgehead atoms. The molecule has 1 saturated carbocycles. The van der Waals surface area contributed by atoms with E-state index in [4.69, 9.17) is 17.3 Å². The maximum atomic E-state index is 15.1. The second-order valence-electron chi connectivity index (χ2n) is 11.9. The largest absolute Gasteiger partial charge is 0.505 e. The third-order valence-electron chi connectivity index (χ3n) is 9.78. The summed E-state index contributed by atoms with van der Waals surface area (Å²) in [7, 11) is 0. The quantitative estimate of drug-likeness (QED) is 0.281. The summed E-state index contributed by atoms with van der Waals surface area (Å²) >= 11 is 6.23. The number of likely N-dealkylation sites (tertiary alicyclic amines) is 1. The highest BCUT2D eigenvalue weighted by Crippen LogP contribution is 2.64. The van der Waals surface area contributed by atoms with Gasteiger partial charge in [0.2, 0.25) is 11.8 Å². The van der Waals surface area contributed by atoms with Gasteiger partial charge in [-0.05, 0) is 78.4 Å². The average Bonchev–Trinajstić information content (AvgIpc) is 3.41. The highest BCUT2D eigenvalue weighted by molar-refractivity contribution is 6.30. The number of hydrazine groups is 1. The number of anilines is 1. The number of urea groups is 1. The fourth-order valence-corrected chi connectivity index (χ4v) is 8.08. The first kappa shape index (κ1) is 29.6. The molecule has 46 heavy (non-hydrogen) atoms.